The molecule has 1 heterocycles. The van der Waals surface area contributed by atoms with E-state index in [4.69, 9.17) is 0 Å². The third-order valence-corrected chi connectivity index (χ3v) is 3.41. The van der Waals surface area contributed by atoms with Crippen LogP contribution in [0.25, 0.3) is 0 Å². The Balaban J connectivity index is 2.18. The summed E-state index contributed by atoms with van der Waals surface area (Å²) in [5, 5.41) is 2.87. The first kappa shape index (κ1) is 12.9. The highest BCUT2D eigenvalue weighted by Gasteiger charge is 2.23. The molecule has 4 heteroatoms. The lowest BCUT2D eigenvalue weighted by Gasteiger charge is -2.15. The van der Waals surface area contributed by atoms with Crippen LogP contribution in [0.5, 0.6) is 0 Å². The van der Waals surface area contributed by atoms with Crippen molar-refractivity contribution in [3.8, 4) is 0 Å². The highest BCUT2D eigenvalue weighted by atomic mass is 16.2. The minimum atomic E-state index is 0.0244. The molecular weight excluding hydrogens is 228 g/mol. The van der Waals surface area contributed by atoms with Crippen molar-refractivity contribution in [1.82, 2.24) is 9.88 Å². The molecule has 0 aliphatic heterocycles. The summed E-state index contributed by atoms with van der Waals surface area (Å²) in [6.07, 6.45) is 3.37. The standard InChI is InChI=1S/C14H20N2O2/c1-3-7-15-14(18)9-16-10(2)8-11-12(16)5-4-6-13(11)17/h8H,3-7,9H2,1-2H3,(H,15,18). The summed E-state index contributed by atoms with van der Waals surface area (Å²) in [6.45, 7) is 5.02. The maximum Gasteiger partial charge on any atom is 0.239 e. The van der Waals surface area contributed by atoms with E-state index in [1.807, 2.05) is 24.5 Å². The van der Waals surface area contributed by atoms with Gasteiger partial charge in [-0.25, -0.2) is 0 Å². The second-order valence-corrected chi connectivity index (χ2v) is 4.86. The van der Waals surface area contributed by atoms with Gasteiger partial charge in [-0.1, -0.05) is 6.92 Å². The molecule has 0 atom stereocenters. The topological polar surface area (TPSA) is 51.1 Å². The average molecular weight is 248 g/mol. The predicted octanol–water partition coefficient (Wildman–Crippen LogP) is 1.84. The van der Waals surface area contributed by atoms with Crippen molar-refractivity contribution < 1.29 is 9.59 Å². The molecule has 1 aromatic heterocycles. The van der Waals surface area contributed by atoms with E-state index in [-0.39, 0.29) is 11.7 Å². The predicted molar refractivity (Wildman–Crippen MR) is 69.7 cm³/mol. The molecular formula is C14H20N2O2. The Kier molecular flexibility index (Phi) is 3.84. The number of hydrogen-bond acceptors (Lipinski definition) is 2. The SMILES string of the molecule is CCCNC(=O)Cn1c(C)cc2c1CCCC2=O. The van der Waals surface area contributed by atoms with Crippen LogP contribution in [0.15, 0.2) is 6.07 Å². The first-order valence-corrected chi connectivity index (χ1v) is 6.62. The molecule has 0 bridgehead atoms. The monoisotopic (exact) mass is 248 g/mol. The smallest absolute Gasteiger partial charge is 0.239 e. The number of carbonyl (C=O) groups is 2. The van der Waals surface area contributed by atoms with E-state index in [2.05, 4.69) is 5.32 Å². The third-order valence-electron chi connectivity index (χ3n) is 3.41. The van der Waals surface area contributed by atoms with Gasteiger partial charge in [0.1, 0.15) is 6.54 Å². The molecule has 1 N–H and O–H groups in total. The van der Waals surface area contributed by atoms with E-state index in [1.165, 1.54) is 0 Å². The first-order valence-electron chi connectivity index (χ1n) is 6.62. The molecule has 1 aliphatic carbocycles. The molecule has 0 saturated carbocycles. The van der Waals surface area contributed by atoms with E-state index >= 15 is 0 Å². The maximum absolute atomic E-state index is 11.8. The fraction of sp³-hybridized carbons (Fsp3) is 0.571. The van der Waals surface area contributed by atoms with E-state index in [0.29, 0.717) is 19.5 Å². The van der Waals surface area contributed by atoms with Gasteiger partial charge in [-0.15, -0.1) is 0 Å². The van der Waals surface area contributed by atoms with E-state index < -0.39 is 0 Å². The van der Waals surface area contributed by atoms with Gasteiger partial charge in [0.15, 0.2) is 5.78 Å². The summed E-state index contributed by atoms with van der Waals surface area (Å²) in [4.78, 5) is 23.6. The lowest BCUT2D eigenvalue weighted by Crippen LogP contribution is -2.29. The molecule has 1 amide bonds. The Hall–Kier alpha value is -1.58. The van der Waals surface area contributed by atoms with Crippen molar-refractivity contribution in [1.29, 1.82) is 0 Å². The van der Waals surface area contributed by atoms with Crippen LogP contribution in [0.1, 0.15) is 47.9 Å². The molecule has 4 nitrogen and oxygen atoms in total. The fourth-order valence-electron chi connectivity index (χ4n) is 2.47. The number of hydrogen-bond donors (Lipinski definition) is 1. The number of ketones is 1. The zero-order valence-corrected chi connectivity index (χ0v) is 11.1. The highest BCUT2D eigenvalue weighted by Crippen LogP contribution is 2.24. The number of rotatable bonds is 4. The van der Waals surface area contributed by atoms with Crippen molar-refractivity contribution in [2.75, 3.05) is 6.54 Å². The van der Waals surface area contributed by atoms with Gasteiger partial charge in [0.05, 0.1) is 0 Å². The minimum Gasteiger partial charge on any atom is -0.355 e. The van der Waals surface area contributed by atoms with E-state index in [0.717, 1.165) is 36.2 Å². The Labute approximate surface area is 107 Å². The van der Waals surface area contributed by atoms with Crippen LogP contribution in [0, 0.1) is 6.92 Å². The van der Waals surface area contributed by atoms with Gasteiger partial charge in [-0.2, -0.15) is 0 Å². The number of aromatic nitrogens is 1. The molecule has 0 radical (unpaired) electrons. The quantitative estimate of drug-likeness (QED) is 0.884. The first-order chi connectivity index (χ1) is 8.63. The van der Waals surface area contributed by atoms with Crippen LogP contribution in [0.4, 0.5) is 0 Å². The van der Waals surface area contributed by atoms with Crippen LogP contribution >= 0.6 is 0 Å². The van der Waals surface area contributed by atoms with Gasteiger partial charge in [0, 0.05) is 29.9 Å². The Morgan fingerprint density at radius 3 is 2.94 bits per heavy atom. The van der Waals surface area contributed by atoms with Crippen molar-refractivity contribution >= 4 is 11.7 Å². The number of fused-ring (bicyclic) bond motifs is 1. The minimum absolute atomic E-state index is 0.0244. The largest absolute Gasteiger partial charge is 0.355 e. The van der Waals surface area contributed by atoms with Crippen LogP contribution < -0.4 is 5.32 Å². The molecule has 98 valence electrons. The molecule has 0 spiro atoms. The Morgan fingerprint density at radius 1 is 1.44 bits per heavy atom. The molecule has 0 fully saturated rings. The molecule has 0 aromatic carbocycles. The summed E-state index contributed by atoms with van der Waals surface area (Å²) < 4.78 is 1.98. The molecule has 0 unspecified atom stereocenters. The van der Waals surface area contributed by atoms with Crippen LogP contribution in [-0.2, 0) is 17.8 Å². The van der Waals surface area contributed by atoms with Gasteiger partial charge in [-0.05, 0) is 32.3 Å². The van der Waals surface area contributed by atoms with Gasteiger partial charge in [0.25, 0.3) is 0 Å². The Morgan fingerprint density at radius 2 is 2.22 bits per heavy atom. The fourth-order valence-corrected chi connectivity index (χ4v) is 2.47. The second kappa shape index (κ2) is 5.38. The third kappa shape index (κ3) is 2.47. The number of Topliss-reactive ketones (excluding diaryl/α,β-unsaturated/α-hetero) is 1. The summed E-state index contributed by atoms with van der Waals surface area (Å²) in [5.74, 6) is 0.239. The van der Waals surface area contributed by atoms with Crippen molar-refractivity contribution in [2.24, 2.45) is 0 Å². The van der Waals surface area contributed by atoms with Gasteiger partial charge in [0.2, 0.25) is 5.91 Å². The number of aryl methyl sites for hydroxylation is 1. The number of carbonyl (C=O) groups excluding carboxylic acids is 2. The van der Waals surface area contributed by atoms with E-state index in [9.17, 15) is 9.59 Å². The van der Waals surface area contributed by atoms with Gasteiger partial charge in [-0.3, -0.25) is 9.59 Å². The van der Waals surface area contributed by atoms with Crippen LogP contribution in [0.2, 0.25) is 0 Å². The van der Waals surface area contributed by atoms with Crippen molar-refractivity contribution in [2.45, 2.75) is 46.1 Å². The number of nitrogens with zero attached hydrogens (tertiary/aromatic N) is 1. The lowest BCUT2D eigenvalue weighted by atomic mass is 9.97. The van der Waals surface area contributed by atoms with E-state index in [1.54, 1.807) is 0 Å². The molecule has 18 heavy (non-hydrogen) atoms. The Bertz CT molecular complexity index is 474. The zero-order valence-electron chi connectivity index (χ0n) is 11.1. The average Bonchev–Trinajstić information content (AvgIpc) is 2.66. The van der Waals surface area contributed by atoms with Gasteiger partial charge >= 0.3 is 0 Å². The summed E-state index contributed by atoms with van der Waals surface area (Å²) in [5.41, 5.74) is 2.86. The van der Waals surface area contributed by atoms with Crippen molar-refractivity contribution in [3.05, 3.63) is 23.0 Å². The lowest BCUT2D eigenvalue weighted by molar-refractivity contribution is -0.121. The second-order valence-electron chi connectivity index (χ2n) is 4.86. The summed E-state index contributed by atoms with van der Waals surface area (Å²) >= 11 is 0. The van der Waals surface area contributed by atoms with Crippen LogP contribution in [0.3, 0.4) is 0 Å². The number of amides is 1. The van der Waals surface area contributed by atoms with Crippen LogP contribution in [-0.4, -0.2) is 22.8 Å². The van der Waals surface area contributed by atoms with Gasteiger partial charge < -0.3 is 9.88 Å². The molecule has 2 rings (SSSR count). The zero-order chi connectivity index (χ0) is 13.1. The highest BCUT2D eigenvalue weighted by molar-refractivity contribution is 5.98. The summed E-state index contributed by atoms with van der Waals surface area (Å²) in [6, 6.07) is 1.92. The molecule has 1 aromatic rings. The summed E-state index contributed by atoms with van der Waals surface area (Å²) in [7, 11) is 0. The van der Waals surface area contributed by atoms with Crippen molar-refractivity contribution in [3.63, 3.8) is 0 Å². The normalized spacial score (nSPS) is 14.4. The number of nitrogens with one attached hydrogen (secondary N) is 1. The molecule has 1 aliphatic rings. The molecule has 0 saturated heterocycles. The maximum atomic E-state index is 11.8.